The minimum Gasteiger partial charge on any atom is -0.119 e. The Morgan fingerprint density at radius 1 is 1.14 bits per heavy atom. The van der Waals surface area contributed by atoms with Crippen LogP contribution in [-0.2, 0) is 0 Å². The molecule has 0 atom stereocenters. The van der Waals surface area contributed by atoms with E-state index in [4.69, 9.17) is 0 Å². The predicted octanol–water partition coefficient (Wildman–Crippen LogP) is 4.80. The molecule has 0 saturated heterocycles. The van der Waals surface area contributed by atoms with Gasteiger partial charge in [0.05, 0.1) is 0 Å². The first kappa shape index (κ1) is 13.0. The van der Waals surface area contributed by atoms with Crippen LogP contribution in [0, 0.1) is 0 Å². The van der Waals surface area contributed by atoms with Crippen molar-refractivity contribution in [2.75, 3.05) is 0 Å². The van der Waals surface area contributed by atoms with Crippen LogP contribution >= 0.6 is 0 Å². The summed E-state index contributed by atoms with van der Waals surface area (Å²) < 4.78 is 0. The summed E-state index contributed by atoms with van der Waals surface area (Å²) in [6.45, 7) is 14.4. The van der Waals surface area contributed by atoms with Crippen LogP contribution in [0.4, 0.5) is 0 Å². The fraction of sp³-hybridized carbons (Fsp3) is 0.500. The molecular formula is C14H22. The second-order valence-electron chi connectivity index (χ2n) is 4.13. The fourth-order valence-corrected chi connectivity index (χ4v) is 1.07. The Bertz CT molecular complexity index is 290. The molecule has 0 N–H and O–H groups in total. The van der Waals surface area contributed by atoms with E-state index in [1.54, 1.807) is 0 Å². The van der Waals surface area contributed by atoms with E-state index in [1.165, 1.54) is 16.7 Å². The third-order valence-electron chi connectivity index (χ3n) is 2.11. The van der Waals surface area contributed by atoms with Crippen molar-refractivity contribution >= 4 is 0 Å². The molecule has 0 unspecified atom stereocenters. The molecule has 0 heterocycles. The van der Waals surface area contributed by atoms with Gasteiger partial charge >= 0.3 is 0 Å². The maximum Gasteiger partial charge on any atom is -0.00687 e. The molecule has 78 valence electrons. The summed E-state index contributed by atoms with van der Waals surface area (Å²) in [5, 5.41) is 0. The molecule has 0 rings (SSSR count). The summed E-state index contributed by atoms with van der Waals surface area (Å²) >= 11 is 0. The van der Waals surface area contributed by atoms with Crippen molar-refractivity contribution < 1.29 is 0 Å². The molecular weight excluding hydrogens is 168 g/mol. The predicted molar refractivity (Wildman–Crippen MR) is 65.4 cm³/mol. The van der Waals surface area contributed by atoms with Crippen molar-refractivity contribution in [2.24, 2.45) is 0 Å². The Kier molecular flexibility index (Phi) is 5.99. The van der Waals surface area contributed by atoms with Crippen LogP contribution in [0.15, 0.2) is 40.7 Å². The largest absolute Gasteiger partial charge is 0.119 e. The van der Waals surface area contributed by atoms with Gasteiger partial charge in [0.2, 0.25) is 0 Å². The van der Waals surface area contributed by atoms with Crippen molar-refractivity contribution in [2.45, 2.75) is 47.5 Å². The molecule has 0 aliphatic heterocycles. The summed E-state index contributed by atoms with van der Waals surface area (Å²) in [7, 11) is 0. The summed E-state index contributed by atoms with van der Waals surface area (Å²) in [5.74, 6) is 0. The topological polar surface area (TPSA) is 0 Å². The molecule has 0 bridgehead atoms. The second kappa shape index (κ2) is 6.45. The average molecular weight is 190 g/mol. The summed E-state index contributed by atoms with van der Waals surface area (Å²) in [6, 6.07) is 0. The number of allylic oxidation sites excluding steroid dienone is 4. The zero-order valence-electron chi connectivity index (χ0n) is 10.2. The minimum atomic E-state index is 1.09. The van der Waals surface area contributed by atoms with Crippen LogP contribution in [-0.4, -0.2) is 0 Å². The van der Waals surface area contributed by atoms with Crippen LogP contribution < -0.4 is 0 Å². The maximum absolute atomic E-state index is 3.89. The Labute approximate surface area is 88.7 Å². The van der Waals surface area contributed by atoms with E-state index in [-0.39, 0.29) is 0 Å². The molecule has 14 heavy (non-hydrogen) atoms. The van der Waals surface area contributed by atoms with Crippen LogP contribution in [0.2, 0.25) is 0 Å². The first-order chi connectivity index (χ1) is 6.43. The van der Waals surface area contributed by atoms with Gasteiger partial charge in [0.15, 0.2) is 0 Å². The van der Waals surface area contributed by atoms with Crippen molar-refractivity contribution in [3.63, 3.8) is 0 Å². The molecule has 0 aliphatic carbocycles. The minimum absolute atomic E-state index is 1.09. The van der Waals surface area contributed by atoms with Crippen molar-refractivity contribution in [3.05, 3.63) is 40.7 Å². The van der Waals surface area contributed by atoms with Gasteiger partial charge in [-0.1, -0.05) is 18.2 Å². The highest BCUT2D eigenvalue weighted by Crippen LogP contribution is 2.09. The Balaban J connectivity index is 4.34. The smallest absolute Gasteiger partial charge is 0.00687 e. The molecule has 0 saturated carbocycles. The van der Waals surface area contributed by atoms with Gasteiger partial charge in [-0.15, -0.1) is 5.73 Å². The molecule has 0 spiro atoms. The van der Waals surface area contributed by atoms with Crippen LogP contribution in [0.25, 0.3) is 0 Å². The number of rotatable bonds is 4. The quantitative estimate of drug-likeness (QED) is 0.339. The van der Waals surface area contributed by atoms with Gasteiger partial charge in [-0.25, -0.2) is 0 Å². The Hall–Kier alpha value is -1.00. The molecule has 0 aliphatic rings. The highest BCUT2D eigenvalue weighted by atomic mass is 13.9. The van der Waals surface area contributed by atoms with Crippen LogP contribution in [0.5, 0.6) is 0 Å². The Morgan fingerprint density at radius 3 is 2.14 bits per heavy atom. The van der Waals surface area contributed by atoms with Crippen molar-refractivity contribution in [3.8, 4) is 0 Å². The molecule has 0 radical (unpaired) electrons. The number of hydrogen-bond donors (Lipinski definition) is 0. The SMILES string of the molecule is C=C(C)C(C)=C=C(C)CCC=C(C)C. The van der Waals surface area contributed by atoms with Crippen LogP contribution in [0.1, 0.15) is 47.5 Å². The lowest BCUT2D eigenvalue weighted by molar-refractivity contribution is 0.968. The van der Waals surface area contributed by atoms with Gasteiger partial charge in [0.25, 0.3) is 0 Å². The molecule has 0 amide bonds. The molecule has 0 aromatic carbocycles. The summed E-state index contributed by atoms with van der Waals surface area (Å²) in [4.78, 5) is 0. The average Bonchev–Trinajstić information content (AvgIpc) is 2.02. The zero-order valence-corrected chi connectivity index (χ0v) is 10.2. The highest BCUT2D eigenvalue weighted by molar-refractivity contribution is 5.24. The molecule has 0 heteroatoms. The van der Waals surface area contributed by atoms with E-state index in [2.05, 4.69) is 46.1 Å². The maximum atomic E-state index is 3.89. The monoisotopic (exact) mass is 190 g/mol. The van der Waals surface area contributed by atoms with E-state index >= 15 is 0 Å². The first-order valence-corrected chi connectivity index (χ1v) is 5.15. The third kappa shape index (κ3) is 6.51. The van der Waals surface area contributed by atoms with E-state index in [0.29, 0.717) is 0 Å². The lowest BCUT2D eigenvalue weighted by atomic mass is 10.1. The van der Waals surface area contributed by atoms with Gasteiger partial charge < -0.3 is 0 Å². The van der Waals surface area contributed by atoms with E-state index in [9.17, 15) is 0 Å². The Morgan fingerprint density at radius 2 is 1.71 bits per heavy atom. The first-order valence-electron chi connectivity index (χ1n) is 5.15. The molecule has 0 aromatic heterocycles. The lowest BCUT2D eigenvalue weighted by Crippen LogP contribution is -1.78. The standard InChI is InChI=1S/C14H22/c1-11(2)8-7-9-13(5)10-14(6)12(3)4/h8H,3,7,9H2,1-2,4-6H3. The zero-order chi connectivity index (χ0) is 11.1. The van der Waals surface area contributed by atoms with Gasteiger partial charge in [-0.3, -0.25) is 0 Å². The normalized spacial score (nSPS) is 8.93. The van der Waals surface area contributed by atoms with E-state index in [1.807, 2.05) is 6.92 Å². The van der Waals surface area contributed by atoms with E-state index < -0.39 is 0 Å². The highest BCUT2D eigenvalue weighted by Gasteiger charge is 1.90. The van der Waals surface area contributed by atoms with E-state index in [0.717, 1.165) is 18.4 Å². The lowest BCUT2D eigenvalue weighted by Gasteiger charge is -1.97. The third-order valence-corrected chi connectivity index (χ3v) is 2.11. The fourth-order valence-electron chi connectivity index (χ4n) is 1.07. The molecule has 0 aromatic rings. The van der Waals surface area contributed by atoms with Crippen molar-refractivity contribution in [1.29, 1.82) is 0 Å². The molecule has 0 fully saturated rings. The van der Waals surface area contributed by atoms with Gasteiger partial charge in [0, 0.05) is 0 Å². The van der Waals surface area contributed by atoms with Crippen LogP contribution in [0.3, 0.4) is 0 Å². The number of hydrogen-bond acceptors (Lipinski definition) is 0. The second-order valence-corrected chi connectivity index (χ2v) is 4.13. The molecule has 0 nitrogen and oxygen atoms in total. The summed E-state index contributed by atoms with van der Waals surface area (Å²) in [6.07, 6.45) is 4.47. The van der Waals surface area contributed by atoms with Gasteiger partial charge in [-0.2, -0.15) is 0 Å². The summed E-state index contributed by atoms with van der Waals surface area (Å²) in [5.41, 5.74) is 8.32. The van der Waals surface area contributed by atoms with Crippen molar-refractivity contribution in [1.82, 2.24) is 0 Å². The van der Waals surface area contributed by atoms with Gasteiger partial charge in [-0.05, 0) is 64.2 Å². The van der Waals surface area contributed by atoms with Gasteiger partial charge in [0.1, 0.15) is 0 Å².